The second kappa shape index (κ2) is 7.51. The minimum Gasteiger partial charge on any atom is -0.322 e. The van der Waals surface area contributed by atoms with Crippen molar-refractivity contribution in [3.05, 3.63) is 59.2 Å². The van der Waals surface area contributed by atoms with Gasteiger partial charge in [0, 0.05) is 29.9 Å². The molecule has 25 heavy (non-hydrogen) atoms. The molecule has 1 fully saturated rings. The van der Waals surface area contributed by atoms with Gasteiger partial charge in [-0.1, -0.05) is 31.5 Å². The normalized spacial score (nSPS) is 14.0. The number of aryl methyl sites for hydroxylation is 2. The monoisotopic (exact) mass is 336 g/mol. The molecule has 0 spiro atoms. The number of carbonyl (C=O) groups is 2. The van der Waals surface area contributed by atoms with Gasteiger partial charge in [-0.2, -0.15) is 0 Å². The molecule has 0 saturated carbocycles. The lowest BCUT2D eigenvalue weighted by Crippen LogP contribution is -2.24. The van der Waals surface area contributed by atoms with E-state index in [0.29, 0.717) is 17.7 Å². The molecular formula is C21H24N2O2. The zero-order valence-electron chi connectivity index (χ0n) is 14.8. The first-order valence-electron chi connectivity index (χ1n) is 8.90. The molecule has 130 valence electrons. The van der Waals surface area contributed by atoms with Gasteiger partial charge >= 0.3 is 0 Å². The topological polar surface area (TPSA) is 49.4 Å². The van der Waals surface area contributed by atoms with E-state index >= 15 is 0 Å². The number of rotatable bonds is 5. The zero-order valence-corrected chi connectivity index (χ0v) is 14.8. The summed E-state index contributed by atoms with van der Waals surface area (Å²) in [7, 11) is 0. The molecule has 3 rings (SSSR count). The van der Waals surface area contributed by atoms with Crippen LogP contribution in [0.15, 0.2) is 42.5 Å². The van der Waals surface area contributed by atoms with Crippen molar-refractivity contribution in [1.29, 1.82) is 0 Å². The van der Waals surface area contributed by atoms with E-state index in [1.807, 2.05) is 54.3 Å². The highest BCUT2D eigenvalue weighted by Gasteiger charge is 2.23. The maximum absolute atomic E-state index is 12.5. The molecule has 2 amide bonds. The fourth-order valence-corrected chi connectivity index (χ4v) is 3.20. The van der Waals surface area contributed by atoms with E-state index in [2.05, 4.69) is 12.2 Å². The van der Waals surface area contributed by atoms with Crippen LogP contribution in [0.2, 0.25) is 0 Å². The van der Waals surface area contributed by atoms with E-state index in [0.717, 1.165) is 37.1 Å². The number of anilines is 2. The number of benzene rings is 2. The number of hydrogen-bond acceptors (Lipinski definition) is 2. The Kier molecular flexibility index (Phi) is 5.17. The molecule has 1 saturated heterocycles. The summed E-state index contributed by atoms with van der Waals surface area (Å²) in [5.74, 6) is 0.0173. The van der Waals surface area contributed by atoms with Crippen LogP contribution in [-0.2, 0) is 11.2 Å². The first-order valence-corrected chi connectivity index (χ1v) is 8.90. The molecule has 0 unspecified atom stereocenters. The Bertz CT molecular complexity index is 781. The van der Waals surface area contributed by atoms with E-state index in [-0.39, 0.29) is 11.8 Å². The molecule has 0 atom stereocenters. The highest BCUT2D eigenvalue weighted by Crippen LogP contribution is 2.28. The molecule has 1 aliphatic rings. The molecule has 1 heterocycles. The van der Waals surface area contributed by atoms with E-state index in [4.69, 9.17) is 0 Å². The van der Waals surface area contributed by atoms with Crippen LogP contribution < -0.4 is 10.2 Å². The van der Waals surface area contributed by atoms with Crippen molar-refractivity contribution in [3.63, 3.8) is 0 Å². The van der Waals surface area contributed by atoms with Crippen LogP contribution >= 0.6 is 0 Å². The summed E-state index contributed by atoms with van der Waals surface area (Å²) in [6, 6.07) is 13.4. The van der Waals surface area contributed by atoms with E-state index < -0.39 is 0 Å². The number of amides is 2. The average Bonchev–Trinajstić information content (AvgIpc) is 3.03. The number of nitrogens with one attached hydrogen (secondary N) is 1. The maximum Gasteiger partial charge on any atom is 0.255 e. The van der Waals surface area contributed by atoms with Crippen molar-refractivity contribution in [1.82, 2.24) is 0 Å². The molecule has 0 bridgehead atoms. The van der Waals surface area contributed by atoms with Crippen molar-refractivity contribution in [3.8, 4) is 0 Å². The zero-order chi connectivity index (χ0) is 17.8. The maximum atomic E-state index is 12.5. The molecule has 4 heteroatoms. The molecule has 1 N–H and O–H groups in total. The summed E-state index contributed by atoms with van der Waals surface area (Å²) >= 11 is 0. The predicted octanol–water partition coefficient (Wildman–Crippen LogP) is 4.33. The van der Waals surface area contributed by atoms with Crippen LogP contribution in [0.3, 0.4) is 0 Å². The summed E-state index contributed by atoms with van der Waals surface area (Å²) in [6.07, 6.45) is 3.60. The number of nitrogens with zero attached hydrogens (tertiary/aromatic N) is 1. The van der Waals surface area contributed by atoms with Crippen molar-refractivity contribution in [2.45, 2.75) is 39.5 Å². The molecule has 1 aliphatic heterocycles. The summed E-state index contributed by atoms with van der Waals surface area (Å²) in [4.78, 5) is 26.3. The molecule has 0 radical (unpaired) electrons. The quantitative estimate of drug-likeness (QED) is 0.883. The van der Waals surface area contributed by atoms with Crippen LogP contribution in [0, 0.1) is 6.92 Å². The summed E-state index contributed by atoms with van der Waals surface area (Å²) < 4.78 is 0. The van der Waals surface area contributed by atoms with Gasteiger partial charge in [-0.05, 0) is 55.2 Å². The van der Waals surface area contributed by atoms with Gasteiger partial charge in [-0.25, -0.2) is 0 Å². The number of carbonyl (C=O) groups excluding carboxylic acids is 2. The Morgan fingerprint density at radius 2 is 1.92 bits per heavy atom. The summed E-state index contributed by atoms with van der Waals surface area (Å²) in [5, 5.41) is 2.94. The Balaban J connectivity index is 1.76. The minimum absolute atomic E-state index is 0.134. The fraction of sp³-hybridized carbons (Fsp3) is 0.333. The highest BCUT2D eigenvalue weighted by atomic mass is 16.2. The highest BCUT2D eigenvalue weighted by molar-refractivity contribution is 6.05. The van der Waals surface area contributed by atoms with Gasteiger partial charge in [0.1, 0.15) is 0 Å². The third-order valence-electron chi connectivity index (χ3n) is 4.59. The lowest BCUT2D eigenvalue weighted by molar-refractivity contribution is -0.117. The standard InChI is InChI=1S/C21H24N2O2/c1-3-5-16-8-10-17(11-9-16)21(25)22-18-12-7-15(2)19(14-18)23-13-4-6-20(23)24/h7-12,14H,3-6,13H2,1-2H3,(H,22,25). The van der Waals surface area contributed by atoms with E-state index in [9.17, 15) is 9.59 Å². The van der Waals surface area contributed by atoms with Crippen LogP contribution in [0.25, 0.3) is 0 Å². The molecule has 0 aliphatic carbocycles. The van der Waals surface area contributed by atoms with Crippen molar-refractivity contribution < 1.29 is 9.59 Å². The van der Waals surface area contributed by atoms with Crippen LogP contribution in [0.5, 0.6) is 0 Å². The van der Waals surface area contributed by atoms with Crippen molar-refractivity contribution in [2.24, 2.45) is 0 Å². The van der Waals surface area contributed by atoms with Gasteiger partial charge in [0.2, 0.25) is 5.91 Å². The second-order valence-corrected chi connectivity index (χ2v) is 6.55. The van der Waals surface area contributed by atoms with E-state index in [1.165, 1.54) is 5.56 Å². The van der Waals surface area contributed by atoms with Gasteiger partial charge in [0.25, 0.3) is 5.91 Å². The lowest BCUT2D eigenvalue weighted by Gasteiger charge is -2.19. The molecule has 2 aromatic carbocycles. The minimum atomic E-state index is -0.134. The first kappa shape index (κ1) is 17.2. The lowest BCUT2D eigenvalue weighted by atomic mass is 10.1. The van der Waals surface area contributed by atoms with Crippen LogP contribution in [-0.4, -0.2) is 18.4 Å². The van der Waals surface area contributed by atoms with Crippen molar-refractivity contribution in [2.75, 3.05) is 16.8 Å². The first-order chi connectivity index (χ1) is 12.1. The third kappa shape index (κ3) is 3.90. The Morgan fingerprint density at radius 3 is 2.56 bits per heavy atom. The fourth-order valence-electron chi connectivity index (χ4n) is 3.20. The smallest absolute Gasteiger partial charge is 0.255 e. The second-order valence-electron chi connectivity index (χ2n) is 6.55. The summed E-state index contributed by atoms with van der Waals surface area (Å²) in [6.45, 7) is 4.87. The Labute approximate surface area is 148 Å². The van der Waals surface area contributed by atoms with Crippen LogP contribution in [0.1, 0.15) is 47.7 Å². The van der Waals surface area contributed by atoms with Gasteiger partial charge in [0.15, 0.2) is 0 Å². The van der Waals surface area contributed by atoms with E-state index in [1.54, 1.807) is 0 Å². The van der Waals surface area contributed by atoms with Gasteiger partial charge in [-0.15, -0.1) is 0 Å². The summed E-state index contributed by atoms with van der Waals surface area (Å²) in [5.41, 5.74) is 4.52. The largest absolute Gasteiger partial charge is 0.322 e. The average molecular weight is 336 g/mol. The Morgan fingerprint density at radius 1 is 1.16 bits per heavy atom. The molecule has 0 aromatic heterocycles. The number of hydrogen-bond donors (Lipinski definition) is 1. The van der Waals surface area contributed by atoms with Gasteiger partial charge < -0.3 is 10.2 Å². The Hall–Kier alpha value is -2.62. The SMILES string of the molecule is CCCc1ccc(C(=O)Nc2ccc(C)c(N3CCCC3=O)c2)cc1. The molecule has 4 nitrogen and oxygen atoms in total. The third-order valence-corrected chi connectivity index (χ3v) is 4.59. The van der Waals surface area contributed by atoms with Crippen molar-refractivity contribution >= 4 is 23.2 Å². The van der Waals surface area contributed by atoms with Crippen LogP contribution in [0.4, 0.5) is 11.4 Å². The molecular weight excluding hydrogens is 312 g/mol. The van der Waals surface area contributed by atoms with Gasteiger partial charge in [-0.3, -0.25) is 9.59 Å². The predicted molar refractivity (Wildman–Crippen MR) is 101 cm³/mol. The van der Waals surface area contributed by atoms with Gasteiger partial charge in [0.05, 0.1) is 0 Å². The molecule has 2 aromatic rings.